The van der Waals surface area contributed by atoms with Gasteiger partial charge in [0.2, 0.25) is 0 Å². The van der Waals surface area contributed by atoms with Gasteiger partial charge in [0.15, 0.2) is 0 Å². The summed E-state index contributed by atoms with van der Waals surface area (Å²) in [4.78, 5) is 13.7. The molecular weight excluding hydrogens is 269 g/mol. The van der Waals surface area contributed by atoms with Crippen LogP contribution < -0.4 is 0 Å². The summed E-state index contributed by atoms with van der Waals surface area (Å²) in [5.74, 6) is -0.652. The van der Waals surface area contributed by atoms with Crippen molar-refractivity contribution in [3.8, 4) is 0 Å². The first-order valence-corrected chi connectivity index (χ1v) is 6.76. The van der Waals surface area contributed by atoms with E-state index in [1.165, 1.54) is 13.2 Å². The van der Waals surface area contributed by atoms with Crippen LogP contribution in [0.5, 0.6) is 0 Å². The van der Waals surface area contributed by atoms with Gasteiger partial charge < -0.3 is 4.74 Å². The number of nitrogens with zero attached hydrogens (tertiary/aromatic N) is 1. The van der Waals surface area contributed by atoms with E-state index in [1.54, 1.807) is 12.1 Å². The Hall–Kier alpha value is -1.13. The van der Waals surface area contributed by atoms with E-state index in [2.05, 4.69) is 0 Å². The number of halogens is 2. The van der Waals surface area contributed by atoms with Gasteiger partial charge in [0.05, 0.1) is 12.1 Å². The minimum absolute atomic E-state index is 0.115. The Morgan fingerprint density at radius 2 is 2.32 bits per heavy atom. The molecular formula is C14H17ClFNO2. The lowest BCUT2D eigenvalue weighted by Gasteiger charge is -2.33. The molecule has 0 saturated carbocycles. The van der Waals surface area contributed by atoms with Crippen molar-refractivity contribution in [1.82, 2.24) is 4.90 Å². The van der Waals surface area contributed by atoms with E-state index in [-0.39, 0.29) is 17.0 Å². The van der Waals surface area contributed by atoms with Gasteiger partial charge in [0, 0.05) is 12.1 Å². The number of esters is 1. The molecule has 0 amide bonds. The maximum absolute atomic E-state index is 13.9. The zero-order valence-corrected chi connectivity index (χ0v) is 11.6. The molecule has 1 aromatic carbocycles. The van der Waals surface area contributed by atoms with Crippen molar-refractivity contribution in [3.63, 3.8) is 0 Å². The smallest absolute Gasteiger partial charge is 0.323 e. The number of hydrogen-bond acceptors (Lipinski definition) is 3. The zero-order valence-electron chi connectivity index (χ0n) is 10.9. The van der Waals surface area contributed by atoms with Crippen LogP contribution in [0.15, 0.2) is 18.2 Å². The highest BCUT2D eigenvalue weighted by molar-refractivity contribution is 6.30. The summed E-state index contributed by atoms with van der Waals surface area (Å²) >= 11 is 5.77. The number of rotatable bonds is 3. The number of carbonyl (C=O) groups is 1. The Bertz CT molecular complexity index is 467. The molecule has 1 aliphatic rings. The summed E-state index contributed by atoms with van der Waals surface area (Å²) < 4.78 is 18.7. The third-order valence-corrected chi connectivity index (χ3v) is 3.78. The molecule has 5 heteroatoms. The fourth-order valence-electron chi connectivity index (χ4n) is 2.47. The standard InChI is InChI=1S/C14H17ClFNO2/c1-19-14(18)12-7-2-3-8-17(12)9-10-5-4-6-11(15)13(10)16/h4-6,12H,2-3,7-9H2,1H3. The molecule has 1 aliphatic heterocycles. The van der Waals surface area contributed by atoms with Crippen LogP contribution in [0.25, 0.3) is 0 Å². The van der Waals surface area contributed by atoms with Crippen molar-refractivity contribution in [2.24, 2.45) is 0 Å². The summed E-state index contributed by atoms with van der Waals surface area (Å²) in [7, 11) is 1.38. The van der Waals surface area contributed by atoms with Crippen LogP contribution in [0.4, 0.5) is 4.39 Å². The molecule has 2 rings (SSSR count). The van der Waals surface area contributed by atoms with Crippen LogP contribution in [0.2, 0.25) is 5.02 Å². The van der Waals surface area contributed by atoms with Gasteiger partial charge in [-0.25, -0.2) is 4.39 Å². The van der Waals surface area contributed by atoms with Crippen molar-refractivity contribution in [1.29, 1.82) is 0 Å². The lowest BCUT2D eigenvalue weighted by Crippen LogP contribution is -2.44. The largest absolute Gasteiger partial charge is 0.468 e. The molecule has 0 spiro atoms. The van der Waals surface area contributed by atoms with Crippen LogP contribution in [-0.2, 0) is 16.1 Å². The second kappa shape index (κ2) is 6.35. The molecule has 104 valence electrons. The van der Waals surface area contributed by atoms with E-state index >= 15 is 0 Å². The third-order valence-electron chi connectivity index (χ3n) is 3.49. The summed E-state index contributed by atoms with van der Waals surface area (Å²) in [5.41, 5.74) is 0.517. The molecule has 1 unspecified atom stereocenters. The molecule has 19 heavy (non-hydrogen) atoms. The first-order valence-electron chi connectivity index (χ1n) is 6.38. The van der Waals surface area contributed by atoms with Gasteiger partial charge >= 0.3 is 5.97 Å². The Morgan fingerprint density at radius 1 is 1.53 bits per heavy atom. The molecule has 1 aromatic rings. The molecule has 1 fully saturated rings. The third kappa shape index (κ3) is 3.25. The fourth-order valence-corrected chi connectivity index (χ4v) is 2.67. The monoisotopic (exact) mass is 285 g/mol. The highest BCUT2D eigenvalue weighted by Crippen LogP contribution is 2.24. The minimum Gasteiger partial charge on any atom is -0.468 e. The van der Waals surface area contributed by atoms with Gasteiger partial charge in [-0.05, 0) is 25.5 Å². The van der Waals surface area contributed by atoms with E-state index in [1.807, 2.05) is 4.90 Å². The minimum atomic E-state index is -0.404. The number of piperidine rings is 1. The molecule has 0 aromatic heterocycles. The highest BCUT2D eigenvalue weighted by Gasteiger charge is 2.29. The number of likely N-dealkylation sites (tertiary alicyclic amines) is 1. The van der Waals surface area contributed by atoms with E-state index in [9.17, 15) is 9.18 Å². The summed E-state index contributed by atoms with van der Waals surface area (Å²) in [5, 5.41) is 0.115. The highest BCUT2D eigenvalue weighted by atomic mass is 35.5. The van der Waals surface area contributed by atoms with Crippen molar-refractivity contribution in [3.05, 3.63) is 34.6 Å². The molecule has 3 nitrogen and oxygen atoms in total. The molecule has 0 radical (unpaired) electrons. The van der Waals surface area contributed by atoms with Crippen molar-refractivity contribution >= 4 is 17.6 Å². The van der Waals surface area contributed by atoms with Crippen LogP contribution in [0.3, 0.4) is 0 Å². The second-order valence-corrected chi connectivity index (χ2v) is 5.13. The Labute approximate surface area is 117 Å². The Morgan fingerprint density at radius 3 is 3.05 bits per heavy atom. The van der Waals surface area contributed by atoms with Gasteiger partial charge in [0.1, 0.15) is 11.9 Å². The predicted octanol–water partition coefficient (Wildman–Crippen LogP) is 3.01. The van der Waals surface area contributed by atoms with Gasteiger partial charge in [-0.15, -0.1) is 0 Å². The first-order chi connectivity index (χ1) is 9.13. The van der Waals surface area contributed by atoms with Gasteiger partial charge in [-0.3, -0.25) is 9.69 Å². The van der Waals surface area contributed by atoms with Crippen LogP contribution >= 0.6 is 11.6 Å². The van der Waals surface area contributed by atoms with E-state index < -0.39 is 5.82 Å². The molecule has 0 N–H and O–H groups in total. The van der Waals surface area contributed by atoms with Crippen LogP contribution in [0.1, 0.15) is 24.8 Å². The number of carbonyl (C=O) groups excluding carboxylic acids is 1. The molecule has 1 heterocycles. The normalized spacial score (nSPS) is 20.3. The molecule has 0 bridgehead atoms. The lowest BCUT2D eigenvalue weighted by molar-refractivity contribution is -0.148. The van der Waals surface area contributed by atoms with Crippen LogP contribution in [0, 0.1) is 5.82 Å². The quantitative estimate of drug-likeness (QED) is 0.800. The maximum Gasteiger partial charge on any atom is 0.323 e. The second-order valence-electron chi connectivity index (χ2n) is 4.72. The SMILES string of the molecule is COC(=O)C1CCCCN1Cc1cccc(Cl)c1F. The topological polar surface area (TPSA) is 29.5 Å². The molecule has 1 atom stereocenters. The first kappa shape index (κ1) is 14.3. The Balaban J connectivity index is 2.15. The average Bonchev–Trinajstić information content (AvgIpc) is 2.43. The number of ether oxygens (including phenoxy) is 1. The number of methoxy groups -OCH3 is 1. The van der Waals surface area contributed by atoms with Gasteiger partial charge in [0.25, 0.3) is 0 Å². The lowest BCUT2D eigenvalue weighted by atomic mass is 10.0. The Kier molecular flexibility index (Phi) is 4.77. The maximum atomic E-state index is 13.9. The van der Waals surface area contributed by atoms with Crippen molar-refractivity contribution in [2.45, 2.75) is 31.8 Å². The van der Waals surface area contributed by atoms with Crippen molar-refractivity contribution < 1.29 is 13.9 Å². The predicted molar refractivity (Wildman–Crippen MR) is 71.5 cm³/mol. The van der Waals surface area contributed by atoms with Gasteiger partial charge in [-0.1, -0.05) is 30.2 Å². The van der Waals surface area contributed by atoms with E-state index in [0.29, 0.717) is 12.1 Å². The summed E-state index contributed by atoms with van der Waals surface area (Å²) in [6.45, 7) is 1.15. The van der Waals surface area contributed by atoms with Gasteiger partial charge in [-0.2, -0.15) is 0 Å². The van der Waals surface area contributed by atoms with Crippen molar-refractivity contribution in [2.75, 3.05) is 13.7 Å². The number of hydrogen-bond donors (Lipinski definition) is 0. The van der Waals surface area contributed by atoms with Crippen LogP contribution in [-0.4, -0.2) is 30.6 Å². The molecule has 1 saturated heterocycles. The molecule has 0 aliphatic carbocycles. The average molecular weight is 286 g/mol. The van der Waals surface area contributed by atoms with E-state index in [4.69, 9.17) is 16.3 Å². The van der Waals surface area contributed by atoms with E-state index in [0.717, 1.165) is 25.8 Å². The summed E-state index contributed by atoms with van der Waals surface area (Å²) in [6, 6.07) is 4.66. The fraction of sp³-hybridized carbons (Fsp3) is 0.500. The number of benzene rings is 1. The summed E-state index contributed by atoms with van der Waals surface area (Å²) in [6.07, 6.45) is 2.76. The zero-order chi connectivity index (χ0) is 13.8.